The maximum atomic E-state index is 12.3. The summed E-state index contributed by atoms with van der Waals surface area (Å²) in [7, 11) is 0. The van der Waals surface area contributed by atoms with Crippen molar-refractivity contribution in [2.45, 2.75) is 20.4 Å². The molecule has 0 aliphatic heterocycles. The van der Waals surface area contributed by atoms with Crippen molar-refractivity contribution >= 4 is 17.5 Å². The van der Waals surface area contributed by atoms with Crippen LogP contribution < -0.4 is 10.6 Å². The molecule has 3 rings (SSSR count). The van der Waals surface area contributed by atoms with Gasteiger partial charge >= 0.3 is 0 Å². The van der Waals surface area contributed by atoms with Crippen LogP contribution in [0.4, 0.5) is 5.69 Å². The summed E-state index contributed by atoms with van der Waals surface area (Å²) >= 11 is 0. The van der Waals surface area contributed by atoms with E-state index >= 15 is 0 Å². The molecule has 0 unspecified atom stereocenters. The first-order valence-corrected chi connectivity index (χ1v) is 8.65. The number of aromatic nitrogens is 3. The molecule has 0 aliphatic carbocycles. The Bertz CT molecular complexity index is 901. The van der Waals surface area contributed by atoms with E-state index in [1.165, 1.54) is 6.20 Å². The van der Waals surface area contributed by atoms with E-state index in [2.05, 4.69) is 20.6 Å². The van der Waals surface area contributed by atoms with Crippen LogP contribution in [0.1, 0.15) is 29.8 Å². The Balaban J connectivity index is 1.55. The van der Waals surface area contributed by atoms with E-state index in [1.807, 2.05) is 38.1 Å². The molecule has 138 valence electrons. The summed E-state index contributed by atoms with van der Waals surface area (Å²) in [5.74, 6) is 0.403. The monoisotopic (exact) mass is 363 g/mol. The molecule has 0 saturated carbocycles. The van der Waals surface area contributed by atoms with Crippen molar-refractivity contribution in [1.82, 2.24) is 19.9 Å². The minimum atomic E-state index is -0.197. The minimum absolute atomic E-state index is 0.0253. The molecule has 7 heteroatoms. The van der Waals surface area contributed by atoms with Gasteiger partial charge in [0.2, 0.25) is 5.91 Å². The highest BCUT2D eigenvalue weighted by Crippen LogP contribution is 2.11. The molecule has 0 bridgehead atoms. The smallest absolute Gasteiger partial charge is 0.253 e. The van der Waals surface area contributed by atoms with Crippen LogP contribution in [-0.4, -0.2) is 26.3 Å². The lowest BCUT2D eigenvalue weighted by atomic mass is 10.1. The Morgan fingerprint density at radius 2 is 1.89 bits per heavy atom. The Morgan fingerprint density at radius 3 is 2.48 bits per heavy atom. The molecule has 0 atom stereocenters. The summed E-state index contributed by atoms with van der Waals surface area (Å²) < 4.78 is 1.77. The fourth-order valence-electron chi connectivity index (χ4n) is 2.34. The van der Waals surface area contributed by atoms with Crippen LogP contribution in [0.25, 0.3) is 5.82 Å². The number of anilines is 1. The number of carbonyl (C=O) groups excluding carboxylic acids is 2. The van der Waals surface area contributed by atoms with Crippen molar-refractivity contribution in [3.63, 3.8) is 0 Å². The summed E-state index contributed by atoms with van der Waals surface area (Å²) in [5, 5.41) is 5.70. The van der Waals surface area contributed by atoms with Gasteiger partial charge in [-0.05, 0) is 29.8 Å². The number of hydrogen-bond acceptors (Lipinski definition) is 4. The Hall–Kier alpha value is -3.48. The molecular formula is C20H21N5O2. The standard InChI is InChI=1S/C20H21N5O2/c1-14(2)19(26)24-17-6-3-15(4-7-17)11-23-20(27)16-5-8-18(22-12-16)25-10-9-21-13-25/h3-10,12-14H,11H2,1-2H3,(H,23,27)(H,24,26). The zero-order chi connectivity index (χ0) is 19.2. The molecule has 0 fully saturated rings. The molecule has 0 aliphatic rings. The lowest BCUT2D eigenvalue weighted by Gasteiger charge is -2.09. The highest BCUT2D eigenvalue weighted by molar-refractivity contribution is 5.94. The second kappa shape index (κ2) is 8.27. The predicted octanol–water partition coefficient (Wildman–Crippen LogP) is 2.79. The van der Waals surface area contributed by atoms with Gasteiger partial charge in [-0.2, -0.15) is 0 Å². The predicted molar refractivity (Wildman–Crippen MR) is 102 cm³/mol. The number of rotatable bonds is 6. The van der Waals surface area contributed by atoms with Gasteiger partial charge < -0.3 is 10.6 Å². The third kappa shape index (κ3) is 4.78. The van der Waals surface area contributed by atoms with E-state index in [9.17, 15) is 9.59 Å². The van der Waals surface area contributed by atoms with Crippen molar-refractivity contribution < 1.29 is 9.59 Å². The van der Waals surface area contributed by atoms with Crippen LogP contribution in [0.2, 0.25) is 0 Å². The Morgan fingerprint density at radius 1 is 1.11 bits per heavy atom. The van der Waals surface area contributed by atoms with Gasteiger partial charge in [0.15, 0.2) is 0 Å². The SMILES string of the molecule is CC(C)C(=O)Nc1ccc(CNC(=O)c2ccc(-n3ccnc3)nc2)cc1. The molecule has 0 spiro atoms. The number of carbonyl (C=O) groups is 2. The highest BCUT2D eigenvalue weighted by Gasteiger charge is 2.08. The molecule has 7 nitrogen and oxygen atoms in total. The maximum absolute atomic E-state index is 12.3. The van der Waals surface area contributed by atoms with Crippen LogP contribution in [0.5, 0.6) is 0 Å². The highest BCUT2D eigenvalue weighted by atomic mass is 16.2. The van der Waals surface area contributed by atoms with E-state index in [4.69, 9.17) is 0 Å². The van der Waals surface area contributed by atoms with Gasteiger partial charge in [0.1, 0.15) is 12.1 Å². The lowest BCUT2D eigenvalue weighted by Crippen LogP contribution is -2.23. The van der Waals surface area contributed by atoms with Crippen LogP contribution in [0, 0.1) is 5.92 Å². The first-order chi connectivity index (χ1) is 13.0. The fraction of sp³-hybridized carbons (Fsp3) is 0.200. The third-order valence-corrected chi connectivity index (χ3v) is 3.98. The molecular weight excluding hydrogens is 342 g/mol. The van der Waals surface area contributed by atoms with Crippen molar-refractivity contribution in [2.24, 2.45) is 5.92 Å². The fourth-order valence-corrected chi connectivity index (χ4v) is 2.34. The van der Waals surface area contributed by atoms with E-state index in [-0.39, 0.29) is 17.7 Å². The molecule has 0 radical (unpaired) electrons. The van der Waals surface area contributed by atoms with Gasteiger partial charge in [-0.25, -0.2) is 9.97 Å². The molecule has 2 N–H and O–H groups in total. The van der Waals surface area contributed by atoms with Crippen molar-refractivity contribution in [3.8, 4) is 5.82 Å². The molecule has 2 aromatic heterocycles. The second-order valence-electron chi connectivity index (χ2n) is 6.40. The number of pyridine rings is 1. The van der Waals surface area contributed by atoms with E-state index in [0.29, 0.717) is 17.9 Å². The zero-order valence-corrected chi connectivity index (χ0v) is 15.2. The maximum Gasteiger partial charge on any atom is 0.253 e. The minimum Gasteiger partial charge on any atom is -0.348 e. The average Bonchev–Trinajstić information content (AvgIpc) is 3.22. The first kappa shape index (κ1) is 18.3. The van der Waals surface area contributed by atoms with E-state index < -0.39 is 0 Å². The van der Waals surface area contributed by atoms with E-state index in [1.54, 1.807) is 35.4 Å². The van der Waals surface area contributed by atoms with Crippen molar-refractivity contribution in [3.05, 3.63) is 72.4 Å². The number of benzene rings is 1. The quantitative estimate of drug-likeness (QED) is 0.705. The summed E-state index contributed by atoms with van der Waals surface area (Å²) in [5.41, 5.74) is 2.16. The largest absolute Gasteiger partial charge is 0.348 e. The van der Waals surface area contributed by atoms with E-state index in [0.717, 1.165) is 11.3 Å². The van der Waals surface area contributed by atoms with Gasteiger partial charge in [-0.15, -0.1) is 0 Å². The van der Waals surface area contributed by atoms with Crippen molar-refractivity contribution in [2.75, 3.05) is 5.32 Å². The second-order valence-corrected chi connectivity index (χ2v) is 6.40. The summed E-state index contributed by atoms with van der Waals surface area (Å²) in [4.78, 5) is 32.2. The first-order valence-electron chi connectivity index (χ1n) is 8.65. The van der Waals surface area contributed by atoms with Gasteiger partial charge in [0.25, 0.3) is 5.91 Å². The number of imidazole rings is 1. The zero-order valence-electron chi connectivity index (χ0n) is 15.2. The molecule has 27 heavy (non-hydrogen) atoms. The van der Waals surface area contributed by atoms with Gasteiger partial charge in [0, 0.05) is 36.7 Å². The topological polar surface area (TPSA) is 88.9 Å². The average molecular weight is 363 g/mol. The number of amides is 2. The lowest BCUT2D eigenvalue weighted by molar-refractivity contribution is -0.118. The summed E-state index contributed by atoms with van der Waals surface area (Å²) in [6.07, 6.45) is 6.64. The van der Waals surface area contributed by atoms with Crippen LogP contribution in [0.3, 0.4) is 0 Å². The van der Waals surface area contributed by atoms with Crippen LogP contribution >= 0.6 is 0 Å². The molecule has 3 aromatic rings. The number of hydrogen-bond donors (Lipinski definition) is 2. The normalized spacial score (nSPS) is 10.6. The molecule has 2 amide bonds. The summed E-state index contributed by atoms with van der Waals surface area (Å²) in [6, 6.07) is 10.9. The summed E-state index contributed by atoms with van der Waals surface area (Å²) in [6.45, 7) is 4.08. The molecule has 1 aromatic carbocycles. The third-order valence-electron chi connectivity index (χ3n) is 3.98. The number of nitrogens with zero attached hydrogens (tertiary/aromatic N) is 3. The van der Waals surface area contributed by atoms with Gasteiger partial charge in [-0.3, -0.25) is 14.2 Å². The molecule has 0 saturated heterocycles. The van der Waals surface area contributed by atoms with Crippen molar-refractivity contribution in [1.29, 1.82) is 0 Å². The molecule has 2 heterocycles. The van der Waals surface area contributed by atoms with Gasteiger partial charge in [0.05, 0.1) is 5.56 Å². The Labute approximate surface area is 157 Å². The Kier molecular flexibility index (Phi) is 5.61. The number of nitrogens with one attached hydrogen (secondary N) is 2. The van der Waals surface area contributed by atoms with Crippen LogP contribution in [0.15, 0.2) is 61.3 Å². The van der Waals surface area contributed by atoms with Crippen LogP contribution in [-0.2, 0) is 11.3 Å². The van der Waals surface area contributed by atoms with Gasteiger partial charge in [-0.1, -0.05) is 26.0 Å².